The molecule has 3 N–H and O–H groups in total. The van der Waals surface area contributed by atoms with Crippen LogP contribution in [0.3, 0.4) is 0 Å². The third-order valence-corrected chi connectivity index (χ3v) is 4.94. The van der Waals surface area contributed by atoms with E-state index >= 15 is 0 Å². The van der Waals surface area contributed by atoms with Gasteiger partial charge < -0.3 is 15.5 Å². The van der Waals surface area contributed by atoms with Gasteiger partial charge in [0.2, 0.25) is 5.91 Å². The van der Waals surface area contributed by atoms with Crippen LogP contribution in [0.25, 0.3) is 0 Å². The number of carbonyl (C=O) groups excluding carboxylic acids is 1. The van der Waals surface area contributed by atoms with Crippen LogP contribution in [0.1, 0.15) is 51.9 Å². The Morgan fingerprint density at radius 2 is 1.95 bits per heavy atom. The average Bonchev–Trinajstić information content (AvgIpc) is 2.88. The lowest BCUT2D eigenvalue weighted by atomic mass is 9.76. The van der Waals surface area contributed by atoms with E-state index in [4.69, 9.17) is 5.11 Å². The Hall–Kier alpha value is -1.10. The van der Waals surface area contributed by atoms with Gasteiger partial charge in [-0.3, -0.25) is 9.59 Å². The van der Waals surface area contributed by atoms with E-state index in [1.165, 1.54) is 0 Å². The molecule has 2 aliphatic carbocycles. The molecule has 0 saturated heterocycles. The average molecular weight is 283 g/mol. The Kier molecular flexibility index (Phi) is 4.68. The van der Waals surface area contributed by atoms with Crippen molar-refractivity contribution in [3.63, 3.8) is 0 Å². The molecule has 2 fully saturated rings. The van der Waals surface area contributed by atoms with Gasteiger partial charge in [0.15, 0.2) is 0 Å². The first-order valence-electron chi connectivity index (χ1n) is 7.61. The van der Waals surface area contributed by atoms with Crippen molar-refractivity contribution >= 4 is 11.9 Å². The first kappa shape index (κ1) is 15.3. The highest BCUT2D eigenvalue weighted by Crippen LogP contribution is 2.35. The maximum atomic E-state index is 12.3. The minimum Gasteiger partial charge on any atom is -0.481 e. The van der Waals surface area contributed by atoms with Crippen molar-refractivity contribution in [3.8, 4) is 0 Å². The van der Waals surface area contributed by atoms with Gasteiger partial charge in [0, 0.05) is 5.92 Å². The summed E-state index contributed by atoms with van der Waals surface area (Å²) in [5.74, 6) is -0.968. The van der Waals surface area contributed by atoms with E-state index in [1.54, 1.807) is 0 Å². The fraction of sp³-hybridized carbons (Fsp3) is 0.867. The minimum absolute atomic E-state index is 0.0296. The largest absolute Gasteiger partial charge is 0.481 e. The summed E-state index contributed by atoms with van der Waals surface area (Å²) in [6, 6.07) is 0. The second-order valence-corrected chi connectivity index (χ2v) is 6.67. The van der Waals surface area contributed by atoms with Crippen molar-refractivity contribution in [1.82, 2.24) is 5.32 Å². The van der Waals surface area contributed by atoms with Crippen LogP contribution in [0.5, 0.6) is 0 Å². The molecule has 2 saturated carbocycles. The number of aliphatic carboxylic acids is 1. The normalized spacial score (nSPS) is 37.6. The number of aliphatic hydroxyl groups excluding tert-OH is 1. The predicted molar refractivity (Wildman–Crippen MR) is 74.1 cm³/mol. The van der Waals surface area contributed by atoms with Crippen LogP contribution >= 0.6 is 0 Å². The highest BCUT2D eigenvalue weighted by Gasteiger charge is 2.40. The Balaban J connectivity index is 1.94. The van der Waals surface area contributed by atoms with Crippen molar-refractivity contribution in [2.45, 2.75) is 57.4 Å². The van der Waals surface area contributed by atoms with E-state index < -0.39 is 11.5 Å². The summed E-state index contributed by atoms with van der Waals surface area (Å²) >= 11 is 0. The van der Waals surface area contributed by atoms with Crippen LogP contribution in [0.2, 0.25) is 0 Å². The maximum Gasteiger partial charge on any atom is 0.306 e. The molecule has 20 heavy (non-hydrogen) atoms. The molecule has 1 amide bonds. The molecule has 5 nitrogen and oxygen atoms in total. The molecule has 0 aromatic rings. The van der Waals surface area contributed by atoms with Crippen LogP contribution in [0, 0.1) is 17.8 Å². The molecule has 114 valence electrons. The van der Waals surface area contributed by atoms with Crippen LogP contribution < -0.4 is 5.32 Å². The standard InChI is InChI=1S/C15H25NO4/c1-10-3-2-6-15(8-10,9-17)16-13(18)11-4-5-12(7-11)14(19)20/h10-12,17H,2-9H2,1H3,(H,16,18)(H,19,20). The first-order chi connectivity index (χ1) is 9.46. The fourth-order valence-electron chi connectivity index (χ4n) is 3.76. The van der Waals surface area contributed by atoms with Crippen molar-refractivity contribution in [2.24, 2.45) is 17.8 Å². The van der Waals surface area contributed by atoms with Gasteiger partial charge in [0.25, 0.3) is 0 Å². The van der Waals surface area contributed by atoms with Crippen molar-refractivity contribution in [1.29, 1.82) is 0 Å². The van der Waals surface area contributed by atoms with Crippen LogP contribution in [-0.2, 0) is 9.59 Å². The molecule has 0 aromatic heterocycles. The zero-order chi connectivity index (χ0) is 14.8. The smallest absolute Gasteiger partial charge is 0.306 e. The first-order valence-corrected chi connectivity index (χ1v) is 7.61. The molecule has 5 heteroatoms. The van der Waals surface area contributed by atoms with Gasteiger partial charge in [0.05, 0.1) is 18.1 Å². The summed E-state index contributed by atoms with van der Waals surface area (Å²) in [7, 11) is 0. The maximum absolute atomic E-state index is 12.3. The SMILES string of the molecule is CC1CCCC(CO)(NC(=O)C2CCC(C(=O)O)C2)C1. The van der Waals surface area contributed by atoms with Crippen molar-refractivity contribution in [2.75, 3.05) is 6.61 Å². The molecule has 0 heterocycles. The summed E-state index contributed by atoms with van der Waals surface area (Å²) in [6.45, 7) is 2.11. The molecule has 0 bridgehead atoms. The van der Waals surface area contributed by atoms with E-state index in [9.17, 15) is 14.7 Å². The second kappa shape index (κ2) is 6.12. The number of rotatable bonds is 4. The Morgan fingerprint density at radius 3 is 2.50 bits per heavy atom. The number of carbonyl (C=O) groups is 2. The highest BCUT2D eigenvalue weighted by molar-refractivity contribution is 5.81. The monoisotopic (exact) mass is 283 g/mol. The molecule has 2 aliphatic rings. The second-order valence-electron chi connectivity index (χ2n) is 6.67. The van der Waals surface area contributed by atoms with E-state index in [-0.39, 0.29) is 24.3 Å². The van der Waals surface area contributed by atoms with Gasteiger partial charge in [-0.1, -0.05) is 19.8 Å². The molecular formula is C15H25NO4. The molecular weight excluding hydrogens is 258 g/mol. The third kappa shape index (κ3) is 3.32. The topological polar surface area (TPSA) is 86.6 Å². The van der Waals surface area contributed by atoms with Crippen LogP contribution in [0.4, 0.5) is 0 Å². The number of nitrogens with one attached hydrogen (secondary N) is 1. The number of hydrogen-bond donors (Lipinski definition) is 3. The number of carboxylic acids is 1. The molecule has 0 aromatic carbocycles. The fourth-order valence-corrected chi connectivity index (χ4v) is 3.76. The van der Waals surface area contributed by atoms with Gasteiger partial charge in [-0.05, 0) is 38.0 Å². The predicted octanol–water partition coefficient (Wildman–Crippen LogP) is 1.54. The molecule has 4 unspecified atom stereocenters. The summed E-state index contributed by atoms with van der Waals surface area (Å²) < 4.78 is 0. The van der Waals surface area contributed by atoms with Crippen LogP contribution in [-0.4, -0.2) is 34.2 Å². The lowest BCUT2D eigenvalue weighted by molar-refractivity contribution is -0.141. The minimum atomic E-state index is -0.802. The molecule has 4 atom stereocenters. The third-order valence-electron chi connectivity index (χ3n) is 4.94. The molecule has 0 aliphatic heterocycles. The van der Waals surface area contributed by atoms with E-state index in [2.05, 4.69) is 12.2 Å². The Morgan fingerprint density at radius 1 is 1.25 bits per heavy atom. The lowest BCUT2D eigenvalue weighted by Gasteiger charge is -2.40. The van der Waals surface area contributed by atoms with Crippen molar-refractivity contribution < 1.29 is 19.8 Å². The summed E-state index contributed by atoms with van der Waals surface area (Å²) in [6.07, 6.45) is 5.43. The number of amides is 1. The Bertz CT molecular complexity index is 384. The van der Waals surface area contributed by atoms with Gasteiger partial charge in [-0.2, -0.15) is 0 Å². The van der Waals surface area contributed by atoms with Gasteiger partial charge in [0.1, 0.15) is 0 Å². The number of hydrogen-bond acceptors (Lipinski definition) is 3. The van der Waals surface area contributed by atoms with E-state index in [1.807, 2.05) is 0 Å². The zero-order valence-electron chi connectivity index (χ0n) is 12.1. The molecule has 2 rings (SSSR count). The quantitative estimate of drug-likeness (QED) is 0.730. The Labute approximate surface area is 119 Å². The highest BCUT2D eigenvalue weighted by atomic mass is 16.4. The summed E-state index contributed by atoms with van der Waals surface area (Å²) in [4.78, 5) is 23.3. The van der Waals surface area contributed by atoms with Gasteiger partial charge >= 0.3 is 5.97 Å². The molecule has 0 spiro atoms. The summed E-state index contributed by atoms with van der Waals surface area (Å²) in [5.41, 5.74) is -0.490. The molecule has 0 radical (unpaired) electrons. The van der Waals surface area contributed by atoms with Crippen LogP contribution in [0.15, 0.2) is 0 Å². The zero-order valence-corrected chi connectivity index (χ0v) is 12.1. The van der Waals surface area contributed by atoms with E-state index in [0.717, 1.165) is 25.7 Å². The van der Waals surface area contributed by atoms with Gasteiger partial charge in [-0.15, -0.1) is 0 Å². The summed E-state index contributed by atoms with van der Waals surface area (Å²) in [5, 5.41) is 21.7. The number of carboxylic acid groups (broad SMARTS) is 1. The van der Waals surface area contributed by atoms with E-state index in [0.29, 0.717) is 25.2 Å². The van der Waals surface area contributed by atoms with Crippen molar-refractivity contribution in [3.05, 3.63) is 0 Å². The lowest BCUT2D eigenvalue weighted by Crippen LogP contribution is -2.55. The number of aliphatic hydroxyl groups is 1. The van der Waals surface area contributed by atoms with Gasteiger partial charge in [-0.25, -0.2) is 0 Å².